The highest BCUT2D eigenvalue weighted by molar-refractivity contribution is 7.13. The van der Waals surface area contributed by atoms with E-state index in [4.69, 9.17) is 14.2 Å². The van der Waals surface area contributed by atoms with Crippen LogP contribution in [0.1, 0.15) is 31.5 Å². The third-order valence-corrected chi connectivity index (χ3v) is 4.23. The molecular formula is C20H24N2O5S. The molecule has 1 heterocycles. The van der Waals surface area contributed by atoms with E-state index in [0.717, 1.165) is 17.7 Å². The fraction of sp³-hybridized carbons (Fsp3) is 0.350. The van der Waals surface area contributed by atoms with Crippen molar-refractivity contribution in [1.82, 2.24) is 4.98 Å². The SMILES string of the molecule is CCCOc1ccc(/C=C/C(=O)OCC(=O)Nc2nc(C)cs2)cc1OCC. The predicted octanol–water partition coefficient (Wildman–Crippen LogP) is 3.83. The third-order valence-electron chi connectivity index (χ3n) is 3.35. The monoisotopic (exact) mass is 404 g/mol. The number of thiazole rings is 1. The van der Waals surface area contributed by atoms with Crippen LogP contribution in [-0.2, 0) is 14.3 Å². The van der Waals surface area contributed by atoms with Gasteiger partial charge in [0.1, 0.15) is 0 Å². The van der Waals surface area contributed by atoms with Gasteiger partial charge >= 0.3 is 5.97 Å². The number of amides is 1. The van der Waals surface area contributed by atoms with Crippen molar-refractivity contribution in [3.05, 3.63) is 40.9 Å². The van der Waals surface area contributed by atoms with Crippen LogP contribution >= 0.6 is 11.3 Å². The molecule has 0 radical (unpaired) electrons. The summed E-state index contributed by atoms with van der Waals surface area (Å²) in [7, 11) is 0. The summed E-state index contributed by atoms with van der Waals surface area (Å²) in [5, 5.41) is 4.87. The second kappa shape index (κ2) is 11.1. The number of carbonyl (C=O) groups excluding carboxylic acids is 2. The van der Waals surface area contributed by atoms with Crippen LogP contribution < -0.4 is 14.8 Å². The van der Waals surface area contributed by atoms with Crippen LogP contribution in [-0.4, -0.2) is 36.7 Å². The molecule has 0 aliphatic carbocycles. The smallest absolute Gasteiger partial charge is 0.331 e. The Morgan fingerprint density at radius 2 is 2.04 bits per heavy atom. The molecule has 0 fully saturated rings. The maximum absolute atomic E-state index is 11.8. The number of carbonyl (C=O) groups is 2. The summed E-state index contributed by atoms with van der Waals surface area (Å²) in [5.41, 5.74) is 1.57. The van der Waals surface area contributed by atoms with E-state index in [1.54, 1.807) is 18.2 Å². The van der Waals surface area contributed by atoms with E-state index in [0.29, 0.717) is 29.8 Å². The maximum atomic E-state index is 11.8. The second-order valence-electron chi connectivity index (χ2n) is 5.77. The van der Waals surface area contributed by atoms with Crippen molar-refractivity contribution in [3.63, 3.8) is 0 Å². The summed E-state index contributed by atoms with van der Waals surface area (Å²) in [4.78, 5) is 27.7. The molecule has 8 heteroatoms. The average Bonchev–Trinajstić information content (AvgIpc) is 3.08. The van der Waals surface area contributed by atoms with Crippen molar-refractivity contribution in [1.29, 1.82) is 0 Å². The van der Waals surface area contributed by atoms with Crippen molar-refractivity contribution in [2.75, 3.05) is 25.1 Å². The summed E-state index contributed by atoms with van der Waals surface area (Å²) >= 11 is 1.31. The fourth-order valence-corrected chi connectivity index (χ4v) is 2.85. The Morgan fingerprint density at radius 1 is 1.21 bits per heavy atom. The first-order valence-electron chi connectivity index (χ1n) is 8.98. The second-order valence-corrected chi connectivity index (χ2v) is 6.63. The molecule has 1 amide bonds. The highest BCUT2D eigenvalue weighted by Gasteiger charge is 2.09. The molecule has 0 atom stereocenters. The average molecular weight is 404 g/mol. The predicted molar refractivity (Wildman–Crippen MR) is 109 cm³/mol. The molecule has 0 aliphatic rings. The summed E-state index contributed by atoms with van der Waals surface area (Å²) in [5.74, 6) is 0.226. The molecule has 1 N–H and O–H groups in total. The molecule has 28 heavy (non-hydrogen) atoms. The Morgan fingerprint density at radius 3 is 2.71 bits per heavy atom. The summed E-state index contributed by atoms with van der Waals surface area (Å²) in [6.07, 6.45) is 3.75. The van der Waals surface area contributed by atoms with Gasteiger partial charge in [0.2, 0.25) is 0 Å². The van der Waals surface area contributed by atoms with Gasteiger partial charge in [-0.1, -0.05) is 13.0 Å². The number of esters is 1. The number of aromatic nitrogens is 1. The first-order chi connectivity index (χ1) is 13.5. The Hall–Kier alpha value is -2.87. The van der Waals surface area contributed by atoms with Crippen molar-refractivity contribution >= 4 is 34.4 Å². The van der Waals surface area contributed by atoms with E-state index in [2.05, 4.69) is 10.3 Å². The van der Waals surface area contributed by atoms with Crippen LogP contribution in [0.15, 0.2) is 29.7 Å². The lowest BCUT2D eigenvalue weighted by Crippen LogP contribution is -2.20. The number of aryl methyl sites for hydroxylation is 1. The minimum atomic E-state index is -0.616. The van der Waals surface area contributed by atoms with Crippen LogP contribution in [0.25, 0.3) is 6.08 Å². The van der Waals surface area contributed by atoms with Crippen LogP contribution in [0, 0.1) is 6.92 Å². The molecule has 2 aromatic rings. The number of benzene rings is 1. The summed E-state index contributed by atoms with van der Waals surface area (Å²) < 4.78 is 16.2. The van der Waals surface area contributed by atoms with Gasteiger partial charge in [-0.2, -0.15) is 0 Å². The Balaban J connectivity index is 1.88. The molecule has 0 saturated heterocycles. The van der Waals surface area contributed by atoms with E-state index in [-0.39, 0.29) is 6.61 Å². The molecule has 7 nitrogen and oxygen atoms in total. The number of ether oxygens (including phenoxy) is 3. The van der Waals surface area contributed by atoms with E-state index in [1.165, 1.54) is 17.4 Å². The topological polar surface area (TPSA) is 86.8 Å². The normalized spacial score (nSPS) is 10.7. The number of hydrogen-bond donors (Lipinski definition) is 1. The van der Waals surface area contributed by atoms with Gasteiger partial charge in [0.15, 0.2) is 23.2 Å². The van der Waals surface area contributed by atoms with Gasteiger partial charge in [0, 0.05) is 11.5 Å². The zero-order chi connectivity index (χ0) is 20.4. The molecular weight excluding hydrogens is 380 g/mol. The third kappa shape index (κ3) is 7.03. The first kappa shape index (κ1) is 21.4. The molecule has 1 aromatic carbocycles. The van der Waals surface area contributed by atoms with E-state index >= 15 is 0 Å². The molecule has 0 spiro atoms. The lowest BCUT2D eigenvalue weighted by Gasteiger charge is -2.12. The van der Waals surface area contributed by atoms with Crippen LogP contribution in [0.2, 0.25) is 0 Å². The van der Waals surface area contributed by atoms with E-state index in [1.807, 2.05) is 32.2 Å². The molecule has 150 valence electrons. The van der Waals surface area contributed by atoms with Crippen molar-refractivity contribution < 1.29 is 23.8 Å². The van der Waals surface area contributed by atoms with Crippen molar-refractivity contribution in [2.45, 2.75) is 27.2 Å². The van der Waals surface area contributed by atoms with Gasteiger partial charge in [0.05, 0.1) is 18.9 Å². The number of hydrogen-bond acceptors (Lipinski definition) is 7. The van der Waals surface area contributed by atoms with Gasteiger partial charge in [0.25, 0.3) is 5.91 Å². The first-order valence-corrected chi connectivity index (χ1v) is 9.86. The number of rotatable bonds is 10. The van der Waals surface area contributed by atoms with Crippen LogP contribution in [0.4, 0.5) is 5.13 Å². The van der Waals surface area contributed by atoms with Crippen molar-refractivity contribution in [3.8, 4) is 11.5 Å². The molecule has 0 aliphatic heterocycles. The number of nitrogens with zero attached hydrogens (tertiary/aromatic N) is 1. The summed E-state index contributed by atoms with van der Waals surface area (Å²) in [6, 6.07) is 5.40. The molecule has 0 unspecified atom stereocenters. The molecule has 2 rings (SSSR count). The summed E-state index contributed by atoms with van der Waals surface area (Å²) in [6.45, 7) is 6.48. The minimum absolute atomic E-state index is 0.379. The van der Waals surface area contributed by atoms with Gasteiger partial charge in [-0.15, -0.1) is 11.3 Å². The number of nitrogens with one attached hydrogen (secondary N) is 1. The zero-order valence-electron chi connectivity index (χ0n) is 16.2. The van der Waals surface area contributed by atoms with Gasteiger partial charge < -0.3 is 14.2 Å². The lowest BCUT2D eigenvalue weighted by molar-refractivity contribution is -0.142. The number of anilines is 1. The Labute approximate surface area is 168 Å². The molecule has 0 bridgehead atoms. The highest BCUT2D eigenvalue weighted by atomic mass is 32.1. The molecule has 1 aromatic heterocycles. The van der Waals surface area contributed by atoms with Gasteiger partial charge in [-0.05, 0) is 44.0 Å². The van der Waals surface area contributed by atoms with Gasteiger partial charge in [-0.25, -0.2) is 9.78 Å². The lowest BCUT2D eigenvalue weighted by atomic mass is 10.2. The standard InChI is InChI=1S/C20H24N2O5S/c1-4-10-26-16-8-6-15(11-17(16)25-5-2)7-9-19(24)27-12-18(23)22-20-21-14(3)13-28-20/h6-9,11,13H,4-5,10,12H2,1-3H3,(H,21,22,23)/b9-7+. The van der Waals surface area contributed by atoms with E-state index in [9.17, 15) is 9.59 Å². The van der Waals surface area contributed by atoms with Crippen LogP contribution in [0.3, 0.4) is 0 Å². The van der Waals surface area contributed by atoms with Crippen molar-refractivity contribution in [2.24, 2.45) is 0 Å². The Kier molecular flexibility index (Phi) is 8.48. The maximum Gasteiger partial charge on any atom is 0.331 e. The minimum Gasteiger partial charge on any atom is -0.490 e. The molecule has 0 saturated carbocycles. The zero-order valence-corrected chi connectivity index (χ0v) is 17.0. The highest BCUT2D eigenvalue weighted by Crippen LogP contribution is 2.29. The van der Waals surface area contributed by atoms with E-state index < -0.39 is 11.9 Å². The van der Waals surface area contributed by atoms with Gasteiger partial charge in [-0.3, -0.25) is 10.1 Å². The Bertz CT molecular complexity index is 832. The fourth-order valence-electron chi connectivity index (χ4n) is 2.14. The largest absolute Gasteiger partial charge is 0.490 e. The quantitative estimate of drug-likeness (QED) is 0.478. The van der Waals surface area contributed by atoms with Crippen LogP contribution in [0.5, 0.6) is 11.5 Å².